The van der Waals surface area contributed by atoms with Crippen LogP contribution in [0.5, 0.6) is 0 Å². The van der Waals surface area contributed by atoms with Crippen LogP contribution in [-0.4, -0.2) is 19.0 Å². The summed E-state index contributed by atoms with van der Waals surface area (Å²) in [6, 6.07) is 10.8. The molecule has 1 nitrogen and oxygen atoms in total. The molecular formula is C19H31N. The first kappa shape index (κ1) is 16.8. The second-order valence-electron chi connectivity index (χ2n) is 6.70. The van der Waals surface area contributed by atoms with Crippen LogP contribution in [0.4, 0.5) is 0 Å². The van der Waals surface area contributed by atoms with Gasteiger partial charge in [-0.1, -0.05) is 64.1 Å². The highest BCUT2D eigenvalue weighted by atomic mass is 15.1. The fraction of sp³-hybridized carbons (Fsp3) is 0.579. The molecule has 0 aliphatic carbocycles. The zero-order valence-corrected chi connectivity index (χ0v) is 13.9. The number of allylic oxidation sites excluding steroid dienone is 1. The second kappa shape index (κ2) is 7.52. The molecule has 0 heterocycles. The largest absolute Gasteiger partial charge is 0.381 e. The summed E-state index contributed by atoms with van der Waals surface area (Å²) < 4.78 is 0. The third kappa shape index (κ3) is 4.70. The third-order valence-corrected chi connectivity index (χ3v) is 4.71. The maximum atomic E-state index is 4.25. The molecule has 0 radical (unpaired) electrons. The Morgan fingerprint density at radius 3 is 2.30 bits per heavy atom. The predicted molar refractivity (Wildman–Crippen MR) is 89.8 cm³/mol. The first-order valence-corrected chi connectivity index (χ1v) is 7.76. The highest BCUT2D eigenvalue weighted by Gasteiger charge is 2.29. The number of unbranched alkanes of at least 4 members (excludes halogenated alkanes) is 1. The molecule has 1 atom stereocenters. The minimum Gasteiger partial charge on any atom is -0.381 e. The van der Waals surface area contributed by atoms with E-state index in [2.05, 4.69) is 76.7 Å². The highest BCUT2D eigenvalue weighted by molar-refractivity contribution is 5.14. The molecule has 0 saturated carbocycles. The fourth-order valence-electron chi connectivity index (χ4n) is 2.65. The van der Waals surface area contributed by atoms with Gasteiger partial charge in [-0.3, -0.25) is 0 Å². The van der Waals surface area contributed by atoms with Crippen LogP contribution in [0, 0.1) is 11.3 Å². The number of hydrogen-bond acceptors (Lipinski definition) is 1. The standard InChI is InChI=1S/C19H31N/c1-16(19(3,4)17(2)20(5)6)12-10-11-15-18-13-8-7-9-14-18/h7-9,13-14,16H,2,10-12,15H2,1,3-6H3. The Labute approximate surface area is 125 Å². The van der Waals surface area contributed by atoms with E-state index < -0.39 is 0 Å². The van der Waals surface area contributed by atoms with Crippen LogP contribution in [0.3, 0.4) is 0 Å². The number of nitrogens with zero attached hydrogens (tertiary/aromatic N) is 1. The highest BCUT2D eigenvalue weighted by Crippen LogP contribution is 2.37. The van der Waals surface area contributed by atoms with Crippen molar-refractivity contribution < 1.29 is 0 Å². The van der Waals surface area contributed by atoms with Gasteiger partial charge in [-0.25, -0.2) is 0 Å². The fourth-order valence-corrected chi connectivity index (χ4v) is 2.65. The molecule has 0 aromatic heterocycles. The SMILES string of the molecule is C=C(N(C)C)C(C)(C)C(C)CCCCc1ccccc1. The van der Waals surface area contributed by atoms with Crippen molar-refractivity contribution in [1.82, 2.24) is 4.90 Å². The summed E-state index contributed by atoms with van der Waals surface area (Å²) >= 11 is 0. The van der Waals surface area contributed by atoms with E-state index >= 15 is 0 Å². The Morgan fingerprint density at radius 2 is 1.75 bits per heavy atom. The number of benzene rings is 1. The van der Waals surface area contributed by atoms with Crippen LogP contribution < -0.4 is 0 Å². The summed E-state index contributed by atoms with van der Waals surface area (Å²) in [7, 11) is 4.18. The van der Waals surface area contributed by atoms with Gasteiger partial charge in [-0.2, -0.15) is 0 Å². The molecule has 20 heavy (non-hydrogen) atoms. The predicted octanol–water partition coefficient (Wildman–Crippen LogP) is 5.14. The van der Waals surface area contributed by atoms with Crippen molar-refractivity contribution in [2.75, 3.05) is 14.1 Å². The van der Waals surface area contributed by atoms with Gasteiger partial charge in [0, 0.05) is 25.2 Å². The smallest absolute Gasteiger partial charge is 0.0115 e. The molecule has 0 saturated heterocycles. The van der Waals surface area contributed by atoms with Gasteiger partial charge in [0.1, 0.15) is 0 Å². The molecule has 1 heteroatoms. The zero-order valence-electron chi connectivity index (χ0n) is 13.9. The molecule has 0 spiro atoms. The Balaban J connectivity index is 2.36. The van der Waals surface area contributed by atoms with E-state index in [1.54, 1.807) is 0 Å². The molecule has 1 rings (SSSR count). The van der Waals surface area contributed by atoms with Crippen molar-refractivity contribution in [1.29, 1.82) is 0 Å². The van der Waals surface area contributed by atoms with Crippen LogP contribution >= 0.6 is 0 Å². The number of aryl methyl sites for hydroxylation is 1. The van der Waals surface area contributed by atoms with Crippen molar-refractivity contribution in [2.24, 2.45) is 11.3 Å². The van der Waals surface area contributed by atoms with Crippen LogP contribution in [0.25, 0.3) is 0 Å². The van der Waals surface area contributed by atoms with Crippen molar-refractivity contribution >= 4 is 0 Å². The summed E-state index contributed by atoms with van der Waals surface area (Å²) in [5.74, 6) is 0.660. The van der Waals surface area contributed by atoms with Gasteiger partial charge >= 0.3 is 0 Å². The van der Waals surface area contributed by atoms with E-state index in [1.807, 2.05) is 0 Å². The van der Waals surface area contributed by atoms with Gasteiger partial charge in [0.05, 0.1) is 0 Å². The molecule has 0 aliphatic heterocycles. The van der Waals surface area contributed by atoms with Crippen molar-refractivity contribution in [3.8, 4) is 0 Å². The van der Waals surface area contributed by atoms with Crippen LogP contribution in [0.15, 0.2) is 42.6 Å². The molecule has 112 valence electrons. The Hall–Kier alpha value is -1.24. The summed E-state index contributed by atoms with van der Waals surface area (Å²) in [6.07, 6.45) is 5.04. The van der Waals surface area contributed by atoms with Gasteiger partial charge in [0.15, 0.2) is 0 Å². The van der Waals surface area contributed by atoms with E-state index in [0.29, 0.717) is 5.92 Å². The lowest BCUT2D eigenvalue weighted by atomic mass is 9.74. The van der Waals surface area contributed by atoms with E-state index in [0.717, 1.165) is 0 Å². The first-order chi connectivity index (χ1) is 9.35. The second-order valence-corrected chi connectivity index (χ2v) is 6.70. The molecule has 1 aromatic rings. The van der Waals surface area contributed by atoms with Gasteiger partial charge < -0.3 is 4.90 Å². The normalized spacial score (nSPS) is 13.1. The van der Waals surface area contributed by atoms with Crippen molar-refractivity contribution in [2.45, 2.75) is 46.5 Å². The summed E-state index contributed by atoms with van der Waals surface area (Å²) in [6.45, 7) is 11.2. The van der Waals surface area contributed by atoms with Gasteiger partial charge in [-0.15, -0.1) is 0 Å². The van der Waals surface area contributed by atoms with Crippen LogP contribution in [0.1, 0.15) is 45.6 Å². The molecule has 1 aromatic carbocycles. The molecule has 1 unspecified atom stereocenters. The molecule has 0 N–H and O–H groups in total. The lowest BCUT2D eigenvalue weighted by molar-refractivity contribution is 0.215. The number of hydrogen-bond donors (Lipinski definition) is 0. The third-order valence-electron chi connectivity index (χ3n) is 4.71. The summed E-state index contributed by atoms with van der Waals surface area (Å²) in [4.78, 5) is 2.15. The molecule has 0 bridgehead atoms. The van der Waals surface area contributed by atoms with Gasteiger partial charge in [0.25, 0.3) is 0 Å². The van der Waals surface area contributed by atoms with Crippen molar-refractivity contribution in [3.63, 3.8) is 0 Å². The molecule has 0 amide bonds. The topological polar surface area (TPSA) is 3.24 Å². The summed E-state index contributed by atoms with van der Waals surface area (Å²) in [5, 5.41) is 0. The maximum Gasteiger partial charge on any atom is 0.0115 e. The lowest BCUT2D eigenvalue weighted by Gasteiger charge is -2.37. The van der Waals surface area contributed by atoms with E-state index in [1.165, 1.54) is 36.9 Å². The number of rotatable bonds is 8. The Morgan fingerprint density at radius 1 is 1.15 bits per heavy atom. The minimum absolute atomic E-state index is 0.177. The Bertz CT molecular complexity index is 403. The zero-order chi connectivity index (χ0) is 15.2. The average Bonchev–Trinajstić information content (AvgIpc) is 2.43. The van der Waals surface area contributed by atoms with E-state index in [4.69, 9.17) is 0 Å². The lowest BCUT2D eigenvalue weighted by Crippen LogP contribution is -2.31. The molecule has 0 fully saturated rings. The summed E-state index contributed by atoms with van der Waals surface area (Å²) in [5.41, 5.74) is 2.86. The van der Waals surface area contributed by atoms with Gasteiger partial charge in [0.2, 0.25) is 0 Å². The first-order valence-electron chi connectivity index (χ1n) is 7.76. The Kier molecular flexibility index (Phi) is 6.32. The van der Waals surface area contributed by atoms with E-state index in [9.17, 15) is 0 Å². The van der Waals surface area contributed by atoms with Crippen molar-refractivity contribution in [3.05, 3.63) is 48.2 Å². The molecule has 0 aliphatic rings. The van der Waals surface area contributed by atoms with Gasteiger partial charge in [-0.05, 0) is 30.7 Å². The van der Waals surface area contributed by atoms with Crippen LogP contribution in [0.2, 0.25) is 0 Å². The molecular weight excluding hydrogens is 242 g/mol. The quantitative estimate of drug-likeness (QED) is 0.593. The maximum absolute atomic E-state index is 4.25. The average molecular weight is 273 g/mol. The van der Waals surface area contributed by atoms with E-state index in [-0.39, 0.29) is 5.41 Å². The minimum atomic E-state index is 0.177. The van der Waals surface area contributed by atoms with Crippen LogP contribution in [-0.2, 0) is 6.42 Å². The monoisotopic (exact) mass is 273 g/mol.